The Morgan fingerprint density at radius 3 is 1.98 bits per heavy atom. The number of hydrogen-bond acceptors (Lipinski definition) is 4. The van der Waals surface area contributed by atoms with Crippen molar-refractivity contribution in [1.29, 1.82) is 0 Å². The van der Waals surface area contributed by atoms with Gasteiger partial charge in [-0.3, -0.25) is 0 Å². The van der Waals surface area contributed by atoms with E-state index in [0.29, 0.717) is 0 Å². The van der Waals surface area contributed by atoms with Crippen LogP contribution < -0.4 is 30.9 Å². The molecular weight excluding hydrogens is 687 g/mol. The first kappa shape index (κ1) is 32.3. The maximum absolute atomic E-state index is 7.14. The number of anilines is 6. The topological polar surface area (TPSA) is 15.7 Å². The Morgan fingerprint density at radius 2 is 1.25 bits per heavy atom. The van der Waals surface area contributed by atoms with E-state index in [2.05, 4.69) is 200 Å². The van der Waals surface area contributed by atoms with Crippen molar-refractivity contribution in [2.75, 3.05) is 9.80 Å². The fourth-order valence-electron chi connectivity index (χ4n) is 8.87. The predicted molar refractivity (Wildman–Crippen MR) is 233 cm³/mol. The lowest BCUT2D eigenvalue weighted by molar-refractivity contribution is 0.483. The third-order valence-corrected chi connectivity index (χ3v) is 12.5. The first-order valence-corrected chi connectivity index (χ1v) is 19.9. The van der Waals surface area contributed by atoms with Gasteiger partial charge in [-0.25, -0.2) is 0 Å². The van der Waals surface area contributed by atoms with Crippen molar-refractivity contribution in [3.8, 4) is 22.6 Å². The van der Waals surface area contributed by atoms with Crippen LogP contribution in [0.3, 0.4) is 0 Å². The van der Waals surface area contributed by atoms with E-state index in [9.17, 15) is 0 Å². The molecule has 0 N–H and O–H groups in total. The quantitative estimate of drug-likeness (QED) is 0.168. The molecule has 0 amide bonds. The summed E-state index contributed by atoms with van der Waals surface area (Å²) in [7, 11) is 0. The van der Waals surface area contributed by atoms with Crippen LogP contribution in [0, 0.1) is 0 Å². The van der Waals surface area contributed by atoms with Crippen molar-refractivity contribution < 1.29 is 4.74 Å². The first-order valence-electron chi connectivity index (χ1n) is 19.0. The maximum Gasteiger partial charge on any atom is 0.256 e. The van der Waals surface area contributed by atoms with Gasteiger partial charge in [-0.05, 0) is 117 Å². The monoisotopic (exact) mass is 724 g/mol. The standard InChI is InChI=1S/C50H37BN2OS/c1-50(2,3)32-28-43-49-45(29-32)54-44-30-38-36-26-27-41(52(33-16-7-4-8-17-33)34-18-9-5-10-19-34)37-22-15-25-46(48(36)37)55-47(38)31-40(44)51(49)39-23-13-14-24-42(39)53(43)35-20-11-6-12-21-35/h4-31H,1-3H3. The Balaban J connectivity index is 1.11. The molecule has 0 radical (unpaired) electrons. The van der Waals surface area contributed by atoms with Crippen molar-refractivity contribution in [2.45, 2.75) is 36.0 Å². The highest BCUT2D eigenvalue weighted by Crippen LogP contribution is 2.53. The minimum Gasteiger partial charge on any atom is -0.458 e. The minimum atomic E-state index is -0.0685. The van der Waals surface area contributed by atoms with E-state index in [1.54, 1.807) is 0 Å². The number of benzene rings is 8. The largest absolute Gasteiger partial charge is 0.458 e. The van der Waals surface area contributed by atoms with Gasteiger partial charge in [0.25, 0.3) is 6.71 Å². The molecule has 0 bridgehead atoms. The van der Waals surface area contributed by atoms with E-state index < -0.39 is 0 Å². The molecule has 0 fully saturated rings. The zero-order valence-electron chi connectivity index (χ0n) is 31.0. The molecule has 0 aliphatic carbocycles. The van der Waals surface area contributed by atoms with E-state index in [4.69, 9.17) is 4.74 Å². The van der Waals surface area contributed by atoms with Gasteiger partial charge in [-0.2, -0.15) is 0 Å². The number of para-hydroxylation sites is 4. The molecule has 11 rings (SSSR count). The molecule has 8 aromatic carbocycles. The minimum absolute atomic E-state index is 0.0368. The van der Waals surface area contributed by atoms with E-state index in [1.807, 2.05) is 11.8 Å². The van der Waals surface area contributed by atoms with Gasteiger partial charge in [0, 0.05) is 49.0 Å². The molecule has 5 heteroatoms. The molecule has 0 saturated carbocycles. The molecule has 8 aromatic rings. The van der Waals surface area contributed by atoms with E-state index >= 15 is 0 Å². The number of nitrogens with zero attached hydrogens (tertiary/aromatic N) is 2. The highest BCUT2D eigenvalue weighted by Gasteiger charge is 2.43. The molecule has 0 unspecified atom stereocenters. The normalized spacial score (nSPS) is 13.4. The molecule has 3 aliphatic rings. The Hall–Kier alpha value is -6.17. The molecule has 0 atom stereocenters. The summed E-state index contributed by atoms with van der Waals surface area (Å²) in [5.74, 6) is 1.88. The van der Waals surface area contributed by atoms with Crippen LogP contribution in [0.2, 0.25) is 0 Å². The van der Waals surface area contributed by atoms with E-state index in [-0.39, 0.29) is 12.1 Å². The maximum atomic E-state index is 7.14. The van der Waals surface area contributed by atoms with Gasteiger partial charge < -0.3 is 14.5 Å². The molecule has 0 aromatic heterocycles. The first-order chi connectivity index (χ1) is 26.9. The zero-order chi connectivity index (χ0) is 36.8. The molecule has 0 spiro atoms. The summed E-state index contributed by atoms with van der Waals surface area (Å²) in [5.41, 5.74) is 14.4. The van der Waals surface area contributed by atoms with Crippen LogP contribution in [0.1, 0.15) is 26.3 Å². The highest BCUT2D eigenvalue weighted by atomic mass is 32.2. The summed E-state index contributed by atoms with van der Waals surface area (Å²) in [6, 6.07) is 61.9. The molecule has 3 aliphatic heterocycles. The molecule has 262 valence electrons. The zero-order valence-corrected chi connectivity index (χ0v) is 31.8. The van der Waals surface area contributed by atoms with Crippen LogP contribution in [0.5, 0.6) is 11.5 Å². The average molecular weight is 725 g/mol. The van der Waals surface area contributed by atoms with Crippen LogP contribution in [-0.4, -0.2) is 6.71 Å². The summed E-state index contributed by atoms with van der Waals surface area (Å²) in [4.78, 5) is 7.34. The van der Waals surface area contributed by atoms with Crippen molar-refractivity contribution in [1.82, 2.24) is 0 Å². The average Bonchev–Trinajstić information content (AvgIpc) is 3.21. The fraction of sp³-hybridized carbons (Fsp3) is 0.0800. The summed E-state index contributed by atoms with van der Waals surface area (Å²) in [6.07, 6.45) is 0. The fourth-order valence-corrected chi connectivity index (χ4v) is 10.0. The van der Waals surface area contributed by atoms with Crippen molar-refractivity contribution in [2.24, 2.45) is 0 Å². The molecular formula is C50H37BN2OS. The van der Waals surface area contributed by atoms with Crippen LogP contribution in [-0.2, 0) is 5.41 Å². The van der Waals surface area contributed by atoms with Crippen molar-refractivity contribution in [3.05, 3.63) is 175 Å². The second kappa shape index (κ2) is 12.2. The van der Waals surface area contributed by atoms with Crippen LogP contribution in [0.15, 0.2) is 180 Å². The Kier molecular flexibility index (Phi) is 7.15. The molecule has 3 heterocycles. The van der Waals surface area contributed by atoms with Crippen LogP contribution >= 0.6 is 11.8 Å². The predicted octanol–water partition coefficient (Wildman–Crippen LogP) is 12.1. The Labute approximate surface area is 326 Å². The van der Waals surface area contributed by atoms with Gasteiger partial charge in [-0.1, -0.05) is 124 Å². The number of rotatable bonds is 4. The smallest absolute Gasteiger partial charge is 0.256 e. The summed E-state index contributed by atoms with van der Waals surface area (Å²) in [5, 5.41) is 2.51. The van der Waals surface area contributed by atoms with Gasteiger partial charge in [0.05, 0.1) is 5.69 Å². The Bertz CT molecular complexity index is 2780. The molecule has 55 heavy (non-hydrogen) atoms. The number of hydrogen-bond donors (Lipinski definition) is 0. The van der Waals surface area contributed by atoms with E-state index in [1.165, 1.54) is 65.0 Å². The summed E-state index contributed by atoms with van der Waals surface area (Å²) in [6.45, 7) is 6.90. The van der Waals surface area contributed by atoms with Crippen LogP contribution in [0.25, 0.3) is 21.9 Å². The lowest BCUT2D eigenvalue weighted by Crippen LogP contribution is -2.59. The van der Waals surface area contributed by atoms with Gasteiger partial charge in [0.15, 0.2) is 0 Å². The second-order valence-electron chi connectivity index (χ2n) is 15.7. The third-order valence-electron chi connectivity index (χ3n) is 11.4. The number of ether oxygens (including phenoxy) is 1. The summed E-state index contributed by atoms with van der Waals surface area (Å²) < 4.78 is 7.14. The van der Waals surface area contributed by atoms with Gasteiger partial charge in [0.2, 0.25) is 0 Å². The van der Waals surface area contributed by atoms with E-state index in [0.717, 1.165) is 34.2 Å². The van der Waals surface area contributed by atoms with Gasteiger partial charge >= 0.3 is 0 Å². The SMILES string of the molecule is CC(C)(C)c1cc2c3c(c1)N(c1ccccc1)c1ccccc1B3c1cc3c(cc1O2)-c1ccc(N(c2ccccc2)c2ccccc2)c2cccc(c12)S3. The lowest BCUT2D eigenvalue weighted by Gasteiger charge is -2.41. The van der Waals surface area contributed by atoms with Crippen LogP contribution in [0.4, 0.5) is 34.1 Å². The third kappa shape index (κ3) is 5.00. The van der Waals surface area contributed by atoms with Crippen molar-refractivity contribution >= 4 is 79.8 Å². The lowest BCUT2D eigenvalue weighted by atomic mass is 9.34. The number of fused-ring (bicyclic) bond motifs is 6. The van der Waals surface area contributed by atoms with Gasteiger partial charge in [-0.15, -0.1) is 0 Å². The second-order valence-corrected chi connectivity index (χ2v) is 16.8. The molecule has 0 saturated heterocycles. The Morgan fingerprint density at radius 1 is 0.564 bits per heavy atom. The van der Waals surface area contributed by atoms with Gasteiger partial charge in [0.1, 0.15) is 11.5 Å². The molecule has 3 nitrogen and oxygen atoms in total. The summed E-state index contributed by atoms with van der Waals surface area (Å²) >= 11 is 1.88. The van der Waals surface area contributed by atoms with Crippen molar-refractivity contribution in [3.63, 3.8) is 0 Å². The highest BCUT2D eigenvalue weighted by molar-refractivity contribution is 7.99.